The van der Waals surface area contributed by atoms with Gasteiger partial charge in [-0.05, 0) is 61.7 Å². The Morgan fingerprint density at radius 2 is 1.96 bits per heavy atom. The van der Waals surface area contributed by atoms with Gasteiger partial charge in [-0.15, -0.1) is 11.8 Å². The van der Waals surface area contributed by atoms with Crippen LogP contribution in [0.1, 0.15) is 53.9 Å². The molecule has 0 radical (unpaired) electrons. The first-order valence-corrected chi connectivity index (χ1v) is 9.93. The van der Waals surface area contributed by atoms with Gasteiger partial charge in [-0.2, -0.15) is 0 Å². The average molecular weight is 434 g/mol. The molecule has 0 bridgehead atoms. The van der Waals surface area contributed by atoms with Crippen LogP contribution in [0.25, 0.3) is 0 Å². The van der Waals surface area contributed by atoms with E-state index in [1.807, 2.05) is 34.6 Å². The zero-order chi connectivity index (χ0) is 19.2. The highest BCUT2D eigenvalue weighted by Crippen LogP contribution is 2.36. The maximum atomic E-state index is 14.1. The maximum absolute atomic E-state index is 14.1. The number of thioether (sulfide) groups is 1. The van der Waals surface area contributed by atoms with Gasteiger partial charge in [0, 0.05) is 15.8 Å². The lowest BCUT2D eigenvalue weighted by Gasteiger charge is -2.23. The van der Waals surface area contributed by atoms with E-state index in [2.05, 4.69) is 21.2 Å². The van der Waals surface area contributed by atoms with Crippen LogP contribution >= 0.6 is 27.7 Å². The lowest BCUT2D eigenvalue weighted by Crippen LogP contribution is -2.30. The highest BCUT2D eigenvalue weighted by molar-refractivity contribution is 9.10. The molecule has 1 aromatic rings. The molecule has 140 valence electrons. The van der Waals surface area contributed by atoms with Crippen LogP contribution in [-0.2, 0) is 14.3 Å². The molecule has 0 aromatic heterocycles. The quantitative estimate of drug-likeness (QED) is 0.452. The number of anilines is 1. The lowest BCUT2D eigenvalue weighted by molar-refractivity contribution is -0.154. The minimum atomic E-state index is -0.565. The molecule has 1 amide bonds. The van der Waals surface area contributed by atoms with Crippen LogP contribution < -0.4 is 5.32 Å². The molecule has 0 saturated carbocycles. The van der Waals surface area contributed by atoms with Gasteiger partial charge in [-0.3, -0.25) is 9.59 Å². The van der Waals surface area contributed by atoms with Gasteiger partial charge in [0.05, 0.1) is 5.69 Å². The Kier molecular flexibility index (Phi) is 8.41. The molecule has 1 rings (SSSR count). The SMILES string of the molecule is CCCC(=O)Nc1cc(SC(CC)C(=O)OC(C)(C)C)c(Br)cc1F. The summed E-state index contributed by atoms with van der Waals surface area (Å²) in [4.78, 5) is 24.7. The number of carbonyl (C=O) groups excluding carboxylic acids is 2. The Balaban J connectivity index is 2.99. The molecule has 0 fully saturated rings. The second kappa shape index (κ2) is 9.57. The topological polar surface area (TPSA) is 55.4 Å². The number of hydrogen-bond acceptors (Lipinski definition) is 4. The monoisotopic (exact) mass is 433 g/mol. The second-order valence-electron chi connectivity index (χ2n) is 6.61. The number of rotatable bonds is 7. The fourth-order valence-electron chi connectivity index (χ4n) is 1.97. The van der Waals surface area contributed by atoms with E-state index in [9.17, 15) is 14.0 Å². The van der Waals surface area contributed by atoms with E-state index in [1.165, 1.54) is 17.8 Å². The Labute approximate surface area is 161 Å². The summed E-state index contributed by atoms with van der Waals surface area (Å²) in [6.45, 7) is 9.22. The van der Waals surface area contributed by atoms with Gasteiger partial charge in [0.2, 0.25) is 5.91 Å². The number of benzene rings is 1. The number of nitrogens with one attached hydrogen (secondary N) is 1. The zero-order valence-electron chi connectivity index (χ0n) is 15.2. The molecule has 0 aliphatic heterocycles. The highest BCUT2D eigenvalue weighted by atomic mass is 79.9. The maximum Gasteiger partial charge on any atom is 0.319 e. The molecule has 25 heavy (non-hydrogen) atoms. The Morgan fingerprint density at radius 1 is 1.32 bits per heavy atom. The Hall–Kier alpha value is -1.08. The van der Waals surface area contributed by atoms with Gasteiger partial charge in [-0.25, -0.2) is 4.39 Å². The van der Waals surface area contributed by atoms with Crippen LogP contribution in [0.15, 0.2) is 21.5 Å². The molecule has 1 N–H and O–H groups in total. The van der Waals surface area contributed by atoms with Crippen molar-refractivity contribution in [2.45, 2.75) is 69.6 Å². The molecular formula is C18H25BrFNO3S. The molecule has 0 aliphatic rings. The van der Waals surface area contributed by atoms with Crippen molar-refractivity contribution < 1.29 is 18.7 Å². The number of ether oxygens (including phenoxy) is 1. The van der Waals surface area contributed by atoms with Crippen LogP contribution in [0, 0.1) is 5.82 Å². The molecule has 1 atom stereocenters. The summed E-state index contributed by atoms with van der Waals surface area (Å²) in [5.41, 5.74) is -0.451. The summed E-state index contributed by atoms with van der Waals surface area (Å²) in [5, 5.41) is 2.16. The smallest absolute Gasteiger partial charge is 0.319 e. The molecular weight excluding hydrogens is 409 g/mol. The minimum absolute atomic E-state index is 0.114. The standard InChI is InChI=1S/C18H25BrFNO3S/c1-6-8-16(22)21-13-10-15(11(19)9-12(13)20)25-14(7-2)17(23)24-18(3,4)5/h9-10,14H,6-8H2,1-5H3,(H,21,22). The number of esters is 1. The largest absolute Gasteiger partial charge is 0.459 e. The van der Waals surface area contributed by atoms with Gasteiger partial charge in [0.1, 0.15) is 16.7 Å². The average Bonchev–Trinajstić information content (AvgIpc) is 2.47. The van der Waals surface area contributed by atoms with Crippen LogP contribution in [-0.4, -0.2) is 22.7 Å². The summed E-state index contributed by atoms with van der Waals surface area (Å²) in [6.07, 6.45) is 1.58. The fraction of sp³-hybridized carbons (Fsp3) is 0.556. The van der Waals surface area contributed by atoms with E-state index < -0.39 is 16.7 Å². The summed E-state index contributed by atoms with van der Waals surface area (Å²) in [6, 6.07) is 2.84. The fourth-order valence-corrected chi connectivity index (χ4v) is 3.54. The number of halogens is 2. The normalized spacial score (nSPS) is 12.6. The first kappa shape index (κ1) is 22.0. The summed E-state index contributed by atoms with van der Waals surface area (Å²) < 4.78 is 20.1. The molecule has 4 nitrogen and oxygen atoms in total. The van der Waals surface area contributed by atoms with Gasteiger partial charge in [0.25, 0.3) is 0 Å². The minimum Gasteiger partial charge on any atom is -0.459 e. The third-order valence-corrected chi connectivity index (χ3v) is 5.40. The second-order valence-corrected chi connectivity index (χ2v) is 8.71. The first-order valence-electron chi connectivity index (χ1n) is 8.25. The van der Waals surface area contributed by atoms with Gasteiger partial charge >= 0.3 is 5.97 Å². The Morgan fingerprint density at radius 3 is 2.48 bits per heavy atom. The van der Waals surface area contributed by atoms with Gasteiger partial charge in [0.15, 0.2) is 0 Å². The molecule has 1 aromatic carbocycles. The third kappa shape index (κ3) is 7.36. The Bertz CT molecular complexity index is 631. The molecule has 0 spiro atoms. The summed E-state index contributed by atoms with van der Waals surface area (Å²) in [7, 11) is 0. The van der Waals surface area contributed by atoms with E-state index in [-0.39, 0.29) is 17.6 Å². The predicted molar refractivity (Wildman–Crippen MR) is 103 cm³/mol. The van der Waals surface area contributed by atoms with Crippen LogP contribution in [0.5, 0.6) is 0 Å². The van der Waals surface area contributed by atoms with E-state index in [0.29, 0.717) is 28.6 Å². The number of hydrogen-bond donors (Lipinski definition) is 1. The molecule has 7 heteroatoms. The van der Waals surface area contributed by atoms with Gasteiger partial charge < -0.3 is 10.1 Å². The zero-order valence-corrected chi connectivity index (χ0v) is 17.6. The van der Waals surface area contributed by atoms with Crippen molar-refractivity contribution in [2.75, 3.05) is 5.32 Å². The van der Waals surface area contributed by atoms with Gasteiger partial charge in [-0.1, -0.05) is 13.8 Å². The predicted octanol–water partition coefficient (Wildman–Crippen LogP) is 5.54. The molecule has 0 saturated heterocycles. The first-order chi connectivity index (χ1) is 11.6. The van der Waals surface area contributed by atoms with E-state index >= 15 is 0 Å². The van der Waals surface area contributed by atoms with Crippen molar-refractivity contribution >= 4 is 45.3 Å². The van der Waals surface area contributed by atoms with Crippen molar-refractivity contribution in [3.8, 4) is 0 Å². The number of carbonyl (C=O) groups is 2. The number of amides is 1. The van der Waals surface area contributed by atoms with Crippen LogP contribution in [0.4, 0.5) is 10.1 Å². The van der Waals surface area contributed by atoms with Crippen LogP contribution in [0.2, 0.25) is 0 Å². The molecule has 0 heterocycles. The summed E-state index contributed by atoms with van der Waals surface area (Å²) >= 11 is 4.61. The van der Waals surface area contributed by atoms with Crippen molar-refractivity contribution in [3.05, 3.63) is 22.4 Å². The van der Waals surface area contributed by atoms with Crippen molar-refractivity contribution in [1.29, 1.82) is 0 Å². The lowest BCUT2D eigenvalue weighted by atomic mass is 10.2. The van der Waals surface area contributed by atoms with Crippen molar-refractivity contribution in [3.63, 3.8) is 0 Å². The van der Waals surface area contributed by atoms with Crippen molar-refractivity contribution in [2.24, 2.45) is 0 Å². The van der Waals surface area contributed by atoms with E-state index in [1.54, 1.807) is 6.07 Å². The van der Waals surface area contributed by atoms with Crippen molar-refractivity contribution in [1.82, 2.24) is 0 Å². The van der Waals surface area contributed by atoms with E-state index in [4.69, 9.17) is 4.74 Å². The summed E-state index contributed by atoms with van der Waals surface area (Å²) in [5.74, 6) is -1.07. The van der Waals surface area contributed by atoms with E-state index in [0.717, 1.165) is 0 Å². The third-order valence-electron chi connectivity index (χ3n) is 3.08. The molecule has 0 aliphatic carbocycles. The highest BCUT2D eigenvalue weighted by Gasteiger charge is 2.26. The molecule has 1 unspecified atom stereocenters. The van der Waals surface area contributed by atoms with Crippen LogP contribution in [0.3, 0.4) is 0 Å².